The van der Waals surface area contributed by atoms with E-state index in [1.165, 1.54) is 0 Å². The molecule has 0 spiro atoms. The van der Waals surface area contributed by atoms with Gasteiger partial charge in [0.05, 0.1) is 5.60 Å². The van der Waals surface area contributed by atoms with Crippen LogP contribution in [0.25, 0.3) is 0 Å². The van der Waals surface area contributed by atoms with Gasteiger partial charge < -0.3 is 10.0 Å². The molecule has 19 heavy (non-hydrogen) atoms. The molecule has 1 N–H and O–H groups in total. The maximum absolute atomic E-state index is 9.84. The number of β-amino-alcohol motifs (C(OH)–C–C–N with tert-alkyl or cyclic N) is 1. The Morgan fingerprint density at radius 1 is 1.26 bits per heavy atom. The molecule has 1 aromatic heterocycles. The zero-order valence-electron chi connectivity index (χ0n) is 11.8. The molecule has 1 aliphatic heterocycles. The Labute approximate surface area is 119 Å². The van der Waals surface area contributed by atoms with E-state index in [0.29, 0.717) is 0 Å². The van der Waals surface area contributed by atoms with E-state index in [-0.39, 0.29) is 0 Å². The Morgan fingerprint density at radius 3 is 2.53 bits per heavy atom. The summed E-state index contributed by atoms with van der Waals surface area (Å²) in [4.78, 5) is 13.1. The van der Waals surface area contributed by atoms with Crippen molar-refractivity contribution >= 4 is 17.6 Å². The molecular formula is C13H22N4OS. The van der Waals surface area contributed by atoms with Gasteiger partial charge in [-0.3, -0.25) is 4.90 Å². The summed E-state index contributed by atoms with van der Waals surface area (Å²) in [5.41, 5.74) is -0.622. The number of rotatable bonds is 4. The van der Waals surface area contributed by atoms with E-state index in [2.05, 4.69) is 19.8 Å². The minimum absolute atomic E-state index is 0.622. The standard InChI is InChI=1S/C13H22N4OS/c1-13(2,18)9-16-4-6-17(7-5-16)11-8-12(19-3)15-10-14-11/h8,10,18H,4-7,9H2,1-3H3. The predicted octanol–water partition coefficient (Wildman–Crippen LogP) is 1.09. The number of hydrogen-bond acceptors (Lipinski definition) is 6. The SMILES string of the molecule is CSc1cc(N2CCN(CC(C)(C)O)CC2)ncn1. The minimum atomic E-state index is -0.622. The van der Waals surface area contributed by atoms with E-state index in [4.69, 9.17) is 0 Å². The number of hydrogen-bond donors (Lipinski definition) is 1. The van der Waals surface area contributed by atoms with E-state index in [0.717, 1.165) is 43.6 Å². The fraction of sp³-hybridized carbons (Fsp3) is 0.692. The fourth-order valence-electron chi connectivity index (χ4n) is 2.30. The van der Waals surface area contributed by atoms with Gasteiger partial charge in [0.15, 0.2) is 0 Å². The van der Waals surface area contributed by atoms with Crippen LogP contribution in [0.2, 0.25) is 0 Å². The highest BCUT2D eigenvalue weighted by atomic mass is 32.2. The summed E-state index contributed by atoms with van der Waals surface area (Å²) >= 11 is 1.63. The van der Waals surface area contributed by atoms with Crippen LogP contribution in [0.1, 0.15) is 13.8 Å². The maximum Gasteiger partial charge on any atom is 0.133 e. The lowest BCUT2D eigenvalue weighted by atomic mass is 10.1. The van der Waals surface area contributed by atoms with Gasteiger partial charge >= 0.3 is 0 Å². The zero-order chi connectivity index (χ0) is 13.9. The van der Waals surface area contributed by atoms with Crippen LogP contribution in [0, 0.1) is 0 Å². The third kappa shape index (κ3) is 4.33. The molecular weight excluding hydrogens is 260 g/mol. The molecule has 0 atom stereocenters. The van der Waals surface area contributed by atoms with E-state index < -0.39 is 5.60 Å². The van der Waals surface area contributed by atoms with Gasteiger partial charge in [-0.2, -0.15) is 0 Å². The van der Waals surface area contributed by atoms with Crippen molar-refractivity contribution in [3.63, 3.8) is 0 Å². The third-order valence-corrected chi connectivity index (χ3v) is 3.79. The number of piperazine rings is 1. The topological polar surface area (TPSA) is 52.5 Å². The van der Waals surface area contributed by atoms with Gasteiger partial charge in [-0.25, -0.2) is 9.97 Å². The number of aromatic nitrogens is 2. The predicted molar refractivity (Wildman–Crippen MR) is 78.8 cm³/mol. The summed E-state index contributed by atoms with van der Waals surface area (Å²) < 4.78 is 0. The Morgan fingerprint density at radius 2 is 1.95 bits per heavy atom. The van der Waals surface area contributed by atoms with Crippen LogP contribution in [0.5, 0.6) is 0 Å². The van der Waals surface area contributed by atoms with Crippen molar-refractivity contribution in [1.82, 2.24) is 14.9 Å². The lowest BCUT2D eigenvalue weighted by Gasteiger charge is -2.37. The van der Waals surface area contributed by atoms with E-state index in [9.17, 15) is 5.11 Å². The molecule has 0 aromatic carbocycles. The molecule has 0 unspecified atom stereocenters. The molecule has 106 valence electrons. The number of anilines is 1. The first kappa shape index (κ1) is 14.6. The Hall–Kier alpha value is -0.850. The fourth-order valence-corrected chi connectivity index (χ4v) is 2.67. The molecule has 1 aromatic rings. The first-order valence-corrected chi connectivity index (χ1v) is 7.76. The van der Waals surface area contributed by atoms with Crippen LogP contribution < -0.4 is 4.90 Å². The third-order valence-electron chi connectivity index (χ3n) is 3.14. The quantitative estimate of drug-likeness (QED) is 0.659. The first-order valence-electron chi connectivity index (χ1n) is 6.54. The average molecular weight is 282 g/mol. The van der Waals surface area contributed by atoms with Gasteiger partial charge in [-0.05, 0) is 20.1 Å². The van der Waals surface area contributed by atoms with Crippen molar-refractivity contribution in [2.24, 2.45) is 0 Å². The molecule has 5 nitrogen and oxygen atoms in total. The molecule has 0 aliphatic carbocycles. The normalized spacial score (nSPS) is 17.8. The average Bonchev–Trinajstić information content (AvgIpc) is 2.38. The summed E-state index contributed by atoms with van der Waals surface area (Å²) in [6.07, 6.45) is 3.65. The monoisotopic (exact) mass is 282 g/mol. The van der Waals surface area contributed by atoms with Gasteiger partial charge in [0, 0.05) is 38.8 Å². The Balaban J connectivity index is 1.92. The van der Waals surface area contributed by atoms with Crippen LogP contribution in [-0.4, -0.2) is 64.6 Å². The van der Waals surface area contributed by atoms with Gasteiger partial charge in [-0.1, -0.05) is 0 Å². The second kappa shape index (κ2) is 6.07. The molecule has 1 saturated heterocycles. The second-order valence-electron chi connectivity index (χ2n) is 5.49. The van der Waals surface area contributed by atoms with E-state index in [1.807, 2.05) is 26.2 Å². The van der Waals surface area contributed by atoms with Crippen LogP contribution in [-0.2, 0) is 0 Å². The molecule has 2 heterocycles. The second-order valence-corrected chi connectivity index (χ2v) is 6.32. The highest BCUT2D eigenvalue weighted by Gasteiger charge is 2.23. The highest BCUT2D eigenvalue weighted by molar-refractivity contribution is 7.98. The molecule has 1 aliphatic rings. The number of aliphatic hydroxyl groups is 1. The van der Waals surface area contributed by atoms with Gasteiger partial charge in [0.1, 0.15) is 17.2 Å². The van der Waals surface area contributed by atoms with Gasteiger partial charge in [0.2, 0.25) is 0 Å². The van der Waals surface area contributed by atoms with Crippen LogP contribution in [0.15, 0.2) is 17.4 Å². The first-order chi connectivity index (χ1) is 8.98. The molecule has 0 amide bonds. The molecule has 0 saturated carbocycles. The molecule has 2 rings (SSSR count). The van der Waals surface area contributed by atoms with Crippen molar-refractivity contribution in [1.29, 1.82) is 0 Å². The lowest BCUT2D eigenvalue weighted by molar-refractivity contribution is 0.0344. The largest absolute Gasteiger partial charge is 0.389 e. The minimum Gasteiger partial charge on any atom is -0.389 e. The Bertz CT molecular complexity index is 413. The summed E-state index contributed by atoms with van der Waals surface area (Å²) in [5.74, 6) is 1.00. The van der Waals surface area contributed by atoms with Crippen LogP contribution in [0.3, 0.4) is 0 Å². The number of nitrogens with zero attached hydrogens (tertiary/aromatic N) is 4. The Kier molecular flexibility index (Phi) is 4.65. The molecule has 0 radical (unpaired) electrons. The number of thioether (sulfide) groups is 1. The van der Waals surface area contributed by atoms with Gasteiger partial charge in [0.25, 0.3) is 0 Å². The summed E-state index contributed by atoms with van der Waals surface area (Å²) in [6, 6.07) is 2.04. The maximum atomic E-state index is 9.84. The lowest BCUT2D eigenvalue weighted by Crippen LogP contribution is -2.50. The highest BCUT2D eigenvalue weighted by Crippen LogP contribution is 2.19. The van der Waals surface area contributed by atoms with Crippen LogP contribution in [0.4, 0.5) is 5.82 Å². The zero-order valence-corrected chi connectivity index (χ0v) is 12.7. The summed E-state index contributed by atoms with van der Waals surface area (Å²) in [6.45, 7) is 8.25. The van der Waals surface area contributed by atoms with Gasteiger partial charge in [-0.15, -0.1) is 11.8 Å². The molecule has 1 fully saturated rings. The summed E-state index contributed by atoms with van der Waals surface area (Å²) in [5, 5.41) is 10.8. The smallest absolute Gasteiger partial charge is 0.133 e. The van der Waals surface area contributed by atoms with Crippen molar-refractivity contribution in [3.8, 4) is 0 Å². The van der Waals surface area contributed by atoms with Crippen molar-refractivity contribution in [2.45, 2.75) is 24.5 Å². The van der Waals surface area contributed by atoms with Crippen molar-refractivity contribution in [2.75, 3.05) is 43.9 Å². The molecule has 0 bridgehead atoms. The van der Waals surface area contributed by atoms with E-state index >= 15 is 0 Å². The van der Waals surface area contributed by atoms with E-state index in [1.54, 1.807) is 18.1 Å². The van der Waals surface area contributed by atoms with Crippen LogP contribution >= 0.6 is 11.8 Å². The summed E-state index contributed by atoms with van der Waals surface area (Å²) in [7, 11) is 0. The van der Waals surface area contributed by atoms with Crippen molar-refractivity contribution < 1.29 is 5.11 Å². The van der Waals surface area contributed by atoms with Crippen molar-refractivity contribution in [3.05, 3.63) is 12.4 Å². The molecule has 6 heteroatoms.